The Bertz CT molecular complexity index is 534. The van der Waals surface area contributed by atoms with Gasteiger partial charge in [-0.15, -0.1) is 0 Å². The molecule has 0 aliphatic carbocycles. The maximum atomic E-state index is 12.3. The minimum Gasteiger partial charge on any atom is -0.398 e. The van der Waals surface area contributed by atoms with Crippen molar-refractivity contribution in [3.8, 4) is 0 Å². The van der Waals surface area contributed by atoms with Crippen LogP contribution in [0.2, 0.25) is 5.02 Å². The molecule has 3 N–H and O–H groups in total. The number of likely N-dealkylation sites (tertiary alicyclic amines) is 1. The van der Waals surface area contributed by atoms with E-state index in [1.165, 1.54) is 12.1 Å². The molecule has 0 atom stereocenters. The number of nitrogens with zero attached hydrogens (tertiary/aromatic N) is 1. The highest BCUT2D eigenvalue weighted by Gasteiger charge is 2.26. The minimum absolute atomic E-state index is 0.0180. The van der Waals surface area contributed by atoms with Gasteiger partial charge in [-0.3, -0.25) is 0 Å². The van der Waals surface area contributed by atoms with Gasteiger partial charge >= 0.3 is 0 Å². The van der Waals surface area contributed by atoms with Gasteiger partial charge in [-0.1, -0.05) is 17.7 Å². The number of nitrogen functional groups attached to an aromatic ring is 1. The Kier molecular flexibility index (Phi) is 4.35. The van der Waals surface area contributed by atoms with E-state index in [4.69, 9.17) is 17.3 Å². The lowest BCUT2D eigenvalue weighted by molar-refractivity contribution is 0.248. The molecule has 0 unspecified atom stereocenters. The predicted octanol–water partition coefficient (Wildman–Crippen LogP) is 1.29. The molecule has 1 heterocycles. The predicted molar refractivity (Wildman–Crippen MR) is 76.7 cm³/mol. The van der Waals surface area contributed by atoms with Crippen molar-refractivity contribution in [3.63, 3.8) is 0 Å². The topological polar surface area (TPSA) is 75.4 Å². The average Bonchev–Trinajstić information content (AvgIpc) is 2.31. The summed E-state index contributed by atoms with van der Waals surface area (Å²) in [4.78, 5) is 2.16. The summed E-state index contributed by atoms with van der Waals surface area (Å²) in [6.45, 7) is 1.76. The summed E-state index contributed by atoms with van der Waals surface area (Å²) < 4.78 is 27.4. The molecule has 1 aromatic rings. The number of piperidine rings is 1. The first-order chi connectivity index (χ1) is 8.90. The van der Waals surface area contributed by atoms with Crippen LogP contribution < -0.4 is 10.5 Å². The van der Waals surface area contributed by atoms with Gasteiger partial charge in [0.1, 0.15) is 4.90 Å². The van der Waals surface area contributed by atoms with Gasteiger partial charge in [0.05, 0.1) is 10.7 Å². The zero-order valence-corrected chi connectivity index (χ0v) is 12.3. The molecule has 7 heteroatoms. The highest BCUT2D eigenvalue weighted by Crippen LogP contribution is 2.27. The lowest BCUT2D eigenvalue weighted by Gasteiger charge is -2.29. The van der Waals surface area contributed by atoms with E-state index < -0.39 is 10.0 Å². The van der Waals surface area contributed by atoms with E-state index in [-0.39, 0.29) is 21.6 Å². The Labute approximate surface area is 118 Å². The second-order valence-corrected chi connectivity index (χ2v) is 6.92. The molecule has 0 radical (unpaired) electrons. The standard InChI is InChI=1S/C12H18ClN3O2S/c1-16-7-5-9(6-8-16)15-19(17,18)12-10(13)3-2-4-11(12)14/h2-4,9,15H,5-8,14H2,1H3. The zero-order valence-electron chi connectivity index (χ0n) is 10.8. The first-order valence-electron chi connectivity index (χ1n) is 6.15. The van der Waals surface area contributed by atoms with Crippen LogP contribution in [0.4, 0.5) is 5.69 Å². The van der Waals surface area contributed by atoms with Crippen molar-refractivity contribution in [2.45, 2.75) is 23.8 Å². The van der Waals surface area contributed by atoms with Crippen LogP contribution in [0.5, 0.6) is 0 Å². The second kappa shape index (κ2) is 5.66. The fraction of sp³-hybridized carbons (Fsp3) is 0.500. The van der Waals surface area contributed by atoms with Crippen LogP contribution in [-0.4, -0.2) is 39.5 Å². The number of sulfonamides is 1. The number of hydrogen-bond donors (Lipinski definition) is 2. The van der Waals surface area contributed by atoms with E-state index in [0.29, 0.717) is 0 Å². The van der Waals surface area contributed by atoms with Crippen LogP contribution in [-0.2, 0) is 10.0 Å². The first kappa shape index (κ1) is 14.6. The van der Waals surface area contributed by atoms with E-state index in [1.807, 2.05) is 7.05 Å². The van der Waals surface area contributed by atoms with Gasteiger partial charge in [-0.2, -0.15) is 0 Å². The average molecular weight is 304 g/mol. The maximum Gasteiger partial charge on any atom is 0.244 e. The molecule has 0 saturated carbocycles. The van der Waals surface area contributed by atoms with Crippen molar-refractivity contribution < 1.29 is 8.42 Å². The van der Waals surface area contributed by atoms with Crippen molar-refractivity contribution in [2.75, 3.05) is 25.9 Å². The van der Waals surface area contributed by atoms with Crippen molar-refractivity contribution in [1.82, 2.24) is 9.62 Å². The molecule has 106 valence electrons. The van der Waals surface area contributed by atoms with Gasteiger partial charge in [0, 0.05) is 6.04 Å². The Morgan fingerprint density at radius 3 is 2.58 bits per heavy atom. The highest BCUT2D eigenvalue weighted by molar-refractivity contribution is 7.89. The number of nitrogens with one attached hydrogen (secondary N) is 1. The molecule has 0 spiro atoms. The third-order valence-electron chi connectivity index (χ3n) is 3.31. The van der Waals surface area contributed by atoms with E-state index in [2.05, 4.69) is 9.62 Å². The van der Waals surface area contributed by atoms with Gasteiger partial charge in [-0.05, 0) is 45.1 Å². The van der Waals surface area contributed by atoms with Gasteiger partial charge in [0.25, 0.3) is 0 Å². The molecular formula is C12H18ClN3O2S. The van der Waals surface area contributed by atoms with E-state index in [1.54, 1.807) is 6.07 Å². The summed E-state index contributed by atoms with van der Waals surface area (Å²) in [6.07, 6.45) is 1.58. The number of benzene rings is 1. The molecule has 1 aliphatic heterocycles. The normalized spacial score (nSPS) is 18.6. The van der Waals surface area contributed by atoms with Gasteiger partial charge in [-0.25, -0.2) is 13.1 Å². The summed E-state index contributed by atoms with van der Waals surface area (Å²) in [5, 5.41) is 0.153. The minimum atomic E-state index is -3.66. The smallest absolute Gasteiger partial charge is 0.244 e. The largest absolute Gasteiger partial charge is 0.398 e. The Balaban J connectivity index is 2.19. The summed E-state index contributed by atoms with van der Waals surface area (Å²) in [5.74, 6) is 0. The zero-order chi connectivity index (χ0) is 14.0. The lowest BCUT2D eigenvalue weighted by Crippen LogP contribution is -2.43. The van der Waals surface area contributed by atoms with Crippen molar-refractivity contribution in [3.05, 3.63) is 23.2 Å². The van der Waals surface area contributed by atoms with Gasteiger partial charge in [0.15, 0.2) is 0 Å². The molecule has 19 heavy (non-hydrogen) atoms. The molecule has 5 nitrogen and oxygen atoms in total. The fourth-order valence-electron chi connectivity index (χ4n) is 2.21. The fourth-order valence-corrected chi connectivity index (χ4v) is 4.20. The van der Waals surface area contributed by atoms with Crippen LogP contribution in [0, 0.1) is 0 Å². The number of rotatable bonds is 3. The third-order valence-corrected chi connectivity index (χ3v) is 5.37. The monoisotopic (exact) mass is 303 g/mol. The highest BCUT2D eigenvalue weighted by atomic mass is 35.5. The molecular weight excluding hydrogens is 286 g/mol. The van der Waals surface area contributed by atoms with E-state index in [9.17, 15) is 8.42 Å². The maximum absolute atomic E-state index is 12.3. The van der Waals surface area contributed by atoms with Gasteiger partial charge < -0.3 is 10.6 Å². The number of nitrogens with two attached hydrogens (primary N) is 1. The Morgan fingerprint density at radius 1 is 1.37 bits per heavy atom. The summed E-state index contributed by atoms with van der Waals surface area (Å²) in [5.41, 5.74) is 5.90. The molecule has 1 saturated heterocycles. The molecule has 0 bridgehead atoms. The van der Waals surface area contributed by atoms with Crippen LogP contribution in [0.25, 0.3) is 0 Å². The first-order valence-corrected chi connectivity index (χ1v) is 8.01. The lowest BCUT2D eigenvalue weighted by atomic mass is 10.1. The molecule has 1 fully saturated rings. The quantitative estimate of drug-likeness (QED) is 0.825. The number of hydrogen-bond acceptors (Lipinski definition) is 4. The van der Waals surface area contributed by atoms with Crippen molar-refractivity contribution in [1.29, 1.82) is 0 Å². The third kappa shape index (κ3) is 3.39. The molecule has 1 aliphatic rings. The summed E-state index contributed by atoms with van der Waals surface area (Å²) in [7, 11) is -1.64. The molecule has 2 rings (SSSR count). The van der Waals surface area contributed by atoms with Crippen LogP contribution >= 0.6 is 11.6 Å². The SMILES string of the molecule is CN1CCC(NS(=O)(=O)c2c(N)cccc2Cl)CC1. The molecule has 0 aromatic heterocycles. The molecule has 0 amide bonds. The Hall–Kier alpha value is -0.820. The van der Waals surface area contributed by atoms with Crippen LogP contribution in [0.15, 0.2) is 23.1 Å². The Morgan fingerprint density at radius 2 is 2.00 bits per heavy atom. The summed E-state index contributed by atoms with van der Waals surface area (Å²) in [6, 6.07) is 4.64. The van der Waals surface area contributed by atoms with E-state index in [0.717, 1.165) is 25.9 Å². The van der Waals surface area contributed by atoms with Crippen molar-refractivity contribution in [2.24, 2.45) is 0 Å². The van der Waals surface area contributed by atoms with Gasteiger partial charge in [0.2, 0.25) is 10.0 Å². The van der Waals surface area contributed by atoms with Crippen LogP contribution in [0.1, 0.15) is 12.8 Å². The number of halogens is 1. The van der Waals surface area contributed by atoms with E-state index >= 15 is 0 Å². The summed E-state index contributed by atoms with van der Waals surface area (Å²) >= 11 is 5.95. The number of anilines is 1. The second-order valence-electron chi connectivity index (χ2n) is 4.86. The molecule has 1 aromatic carbocycles. The van der Waals surface area contributed by atoms with Crippen LogP contribution in [0.3, 0.4) is 0 Å². The van der Waals surface area contributed by atoms with Crippen molar-refractivity contribution >= 4 is 27.3 Å².